The summed E-state index contributed by atoms with van der Waals surface area (Å²) in [7, 11) is 0. The zero-order valence-corrected chi connectivity index (χ0v) is 16.5. The molecule has 0 radical (unpaired) electrons. The van der Waals surface area contributed by atoms with Crippen molar-refractivity contribution in [1.29, 1.82) is 0 Å². The predicted molar refractivity (Wildman–Crippen MR) is 110 cm³/mol. The fourth-order valence-electron chi connectivity index (χ4n) is 3.53. The summed E-state index contributed by atoms with van der Waals surface area (Å²) in [5.74, 6) is 1.87. The molecule has 3 aromatic rings. The minimum atomic E-state index is 0.845. The average molecular weight is 380 g/mol. The lowest BCUT2D eigenvalue weighted by atomic mass is 10.1. The molecule has 0 saturated carbocycles. The van der Waals surface area contributed by atoms with Gasteiger partial charge in [-0.3, -0.25) is 9.55 Å². The Morgan fingerprint density at radius 2 is 1.85 bits per heavy atom. The summed E-state index contributed by atoms with van der Waals surface area (Å²) in [6, 6.07) is 12.4. The second-order valence-electron chi connectivity index (χ2n) is 6.92. The Labute approximate surface area is 164 Å². The van der Waals surface area contributed by atoms with Crippen molar-refractivity contribution in [2.75, 3.05) is 25.4 Å². The van der Waals surface area contributed by atoms with Gasteiger partial charge in [-0.15, -0.1) is 10.2 Å². The van der Waals surface area contributed by atoms with Gasteiger partial charge < -0.3 is 4.90 Å². The number of benzene rings is 1. The highest BCUT2D eigenvalue weighted by Gasteiger charge is 2.18. The SMILES string of the molecule is Cc1ccccc1-n1c(SCCN2CCCCC2)nnc1-c1cccnc1. The van der Waals surface area contributed by atoms with Crippen LogP contribution in [0.25, 0.3) is 17.1 Å². The van der Waals surface area contributed by atoms with Crippen LogP contribution in [0.5, 0.6) is 0 Å². The van der Waals surface area contributed by atoms with Crippen molar-refractivity contribution in [2.24, 2.45) is 0 Å². The number of para-hydroxylation sites is 1. The van der Waals surface area contributed by atoms with E-state index in [1.165, 1.54) is 37.9 Å². The van der Waals surface area contributed by atoms with Crippen LogP contribution >= 0.6 is 11.8 Å². The number of rotatable bonds is 6. The molecule has 0 aliphatic carbocycles. The molecule has 1 aromatic carbocycles. The van der Waals surface area contributed by atoms with Crippen LogP contribution in [-0.2, 0) is 0 Å². The number of nitrogens with zero attached hydrogens (tertiary/aromatic N) is 5. The van der Waals surface area contributed by atoms with Gasteiger partial charge in [-0.25, -0.2) is 0 Å². The van der Waals surface area contributed by atoms with Gasteiger partial charge in [-0.05, 0) is 56.6 Å². The molecule has 2 aromatic heterocycles. The molecule has 4 rings (SSSR count). The molecule has 0 bridgehead atoms. The normalized spacial score (nSPS) is 15.1. The quantitative estimate of drug-likeness (QED) is 0.600. The molecule has 6 heteroatoms. The first kappa shape index (κ1) is 18.2. The van der Waals surface area contributed by atoms with E-state index in [1.54, 1.807) is 18.0 Å². The Morgan fingerprint density at radius 3 is 2.63 bits per heavy atom. The van der Waals surface area contributed by atoms with Crippen molar-refractivity contribution in [3.05, 3.63) is 54.4 Å². The second kappa shape index (κ2) is 8.67. The van der Waals surface area contributed by atoms with E-state index in [-0.39, 0.29) is 0 Å². The molecule has 0 spiro atoms. The summed E-state index contributed by atoms with van der Waals surface area (Å²) in [5.41, 5.74) is 3.32. The van der Waals surface area contributed by atoms with Gasteiger partial charge in [-0.1, -0.05) is 36.4 Å². The predicted octanol–water partition coefficient (Wildman–Crippen LogP) is 4.22. The van der Waals surface area contributed by atoms with Gasteiger partial charge in [0.25, 0.3) is 0 Å². The Bertz CT molecular complexity index is 871. The maximum atomic E-state index is 4.52. The second-order valence-corrected chi connectivity index (χ2v) is 7.98. The van der Waals surface area contributed by atoms with E-state index in [4.69, 9.17) is 0 Å². The lowest BCUT2D eigenvalue weighted by Gasteiger charge is -2.26. The van der Waals surface area contributed by atoms with Crippen molar-refractivity contribution in [2.45, 2.75) is 31.3 Å². The van der Waals surface area contributed by atoms with Crippen LogP contribution in [0.15, 0.2) is 53.9 Å². The van der Waals surface area contributed by atoms with Gasteiger partial charge in [-0.2, -0.15) is 0 Å². The number of aryl methyl sites for hydroxylation is 1. The standard InChI is InChI=1S/C21H25N5S/c1-17-8-3-4-10-19(17)26-20(18-9-7-11-22-16-18)23-24-21(26)27-15-14-25-12-5-2-6-13-25/h3-4,7-11,16H,2,5-6,12-15H2,1H3. The molecule has 1 saturated heterocycles. The molecule has 1 aliphatic heterocycles. The van der Waals surface area contributed by atoms with Gasteiger partial charge >= 0.3 is 0 Å². The van der Waals surface area contributed by atoms with Crippen LogP contribution < -0.4 is 0 Å². The van der Waals surface area contributed by atoms with Gasteiger partial charge in [0.15, 0.2) is 11.0 Å². The maximum Gasteiger partial charge on any atom is 0.196 e. The summed E-state index contributed by atoms with van der Waals surface area (Å²) in [4.78, 5) is 6.82. The van der Waals surface area contributed by atoms with Crippen LogP contribution in [-0.4, -0.2) is 50.0 Å². The van der Waals surface area contributed by atoms with Crippen molar-refractivity contribution >= 4 is 11.8 Å². The topological polar surface area (TPSA) is 46.8 Å². The molecular formula is C21H25N5S. The zero-order chi connectivity index (χ0) is 18.5. The Morgan fingerprint density at radius 1 is 1.00 bits per heavy atom. The van der Waals surface area contributed by atoms with Crippen molar-refractivity contribution in [3.8, 4) is 17.1 Å². The molecule has 5 nitrogen and oxygen atoms in total. The highest BCUT2D eigenvalue weighted by atomic mass is 32.2. The van der Waals surface area contributed by atoms with E-state index in [1.807, 2.05) is 18.3 Å². The number of thioether (sulfide) groups is 1. The fourth-order valence-corrected chi connectivity index (χ4v) is 4.47. The lowest BCUT2D eigenvalue weighted by molar-refractivity contribution is 0.242. The molecule has 1 aliphatic rings. The molecule has 0 atom stereocenters. The highest BCUT2D eigenvalue weighted by Crippen LogP contribution is 2.29. The zero-order valence-electron chi connectivity index (χ0n) is 15.7. The monoisotopic (exact) mass is 379 g/mol. The smallest absolute Gasteiger partial charge is 0.196 e. The number of pyridine rings is 1. The molecule has 0 amide bonds. The number of hydrogen-bond acceptors (Lipinski definition) is 5. The summed E-state index contributed by atoms with van der Waals surface area (Å²) in [5, 5.41) is 9.97. The van der Waals surface area contributed by atoms with Crippen LogP contribution in [0.4, 0.5) is 0 Å². The minimum absolute atomic E-state index is 0.845. The molecule has 27 heavy (non-hydrogen) atoms. The van der Waals surface area contributed by atoms with Crippen molar-refractivity contribution in [1.82, 2.24) is 24.6 Å². The third-order valence-electron chi connectivity index (χ3n) is 5.00. The molecular weight excluding hydrogens is 354 g/mol. The van der Waals surface area contributed by atoms with E-state index in [9.17, 15) is 0 Å². The molecule has 0 N–H and O–H groups in total. The van der Waals surface area contributed by atoms with Gasteiger partial charge in [0.2, 0.25) is 0 Å². The van der Waals surface area contributed by atoms with Crippen LogP contribution in [0, 0.1) is 6.92 Å². The molecule has 0 unspecified atom stereocenters. The Kier molecular flexibility index (Phi) is 5.84. The summed E-state index contributed by atoms with van der Waals surface area (Å²) in [6.07, 6.45) is 7.66. The number of likely N-dealkylation sites (tertiary alicyclic amines) is 1. The number of aromatic nitrogens is 4. The molecule has 140 valence electrons. The highest BCUT2D eigenvalue weighted by molar-refractivity contribution is 7.99. The third kappa shape index (κ3) is 4.22. The van der Waals surface area contributed by atoms with Crippen molar-refractivity contribution < 1.29 is 0 Å². The van der Waals surface area contributed by atoms with E-state index < -0.39 is 0 Å². The summed E-state index contributed by atoms with van der Waals surface area (Å²) in [6.45, 7) is 5.69. The first-order valence-electron chi connectivity index (χ1n) is 9.60. The van der Waals surface area contributed by atoms with Crippen LogP contribution in [0.3, 0.4) is 0 Å². The summed E-state index contributed by atoms with van der Waals surface area (Å²) < 4.78 is 2.17. The lowest BCUT2D eigenvalue weighted by Crippen LogP contribution is -2.31. The maximum absolute atomic E-state index is 4.52. The van der Waals surface area contributed by atoms with E-state index in [0.717, 1.165) is 34.5 Å². The molecule has 3 heterocycles. The van der Waals surface area contributed by atoms with E-state index >= 15 is 0 Å². The third-order valence-corrected chi connectivity index (χ3v) is 5.91. The minimum Gasteiger partial charge on any atom is -0.303 e. The first-order chi connectivity index (χ1) is 13.3. The van der Waals surface area contributed by atoms with Gasteiger partial charge in [0.1, 0.15) is 0 Å². The Balaban J connectivity index is 1.61. The first-order valence-corrected chi connectivity index (χ1v) is 10.6. The van der Waals surface area contributed by atoms with E-state index in [2.05, 4.69) is 55.8 Å². The average Bonchev–Trinajstić information content (AvgIpc) is 3.13. The van der Waals surface area contributed by atoms with Crippen LogP contribution in [0.1, 0.15) is 24.8 Å². The largest absolute Gasteiger partial charge is 0.303 e. The number of piperidine rings is 1. The molecule has 1 fully saturated rings. The van der Waals surface area contributed by atoms with Gasteiger partial charge in [0, 0.05) is 30.3 Å². The number of hydrogen-bond donors (Lipinski definition) is 0. The van der Waals surface area contributed by atoms with Crippen molar-refractivity contribution in [3.63, 3.8) is 0 Å². The van der Waals surface area contributed by atoms with Crippen LogP contribution in [0.2, 0.25) is 0 Å². The summed E-state index contributed by atoms with van der Waals surface area (Å²) >= 11 is 1.79. The fraction of sp³-hybridized carbons (Fsp3) is 0.381. The Hall–Kier alpha value is -2.18. The van der Waals surface area contributed by atoms with E-state index in [0.29, 0.717) is 0 Å². The van der Waals surface area contributed by atoms with Gasteiger partial charge in [0.05, 0.1) is 5.69 Å².